The van der Waals surface area contributed by atoms with Crippen LogP contribution in [-0.2, 0) is 4.79 Å². The van der Waals surface area contributed by atoms with Crippen LogP contribution in [0.15, 0.2) is 67.1 Å². The van der Waals surface area contributed by atoms with Gasteiger partial charge in [0.15, 0.2) is 17.3 Å². The summed E-state index contributed by atoms with van der Waals surface area (Å²) in [7, 11) is 0. The predicted octanol–water partition coefficient (Wildman–Crippen LogP) is 4.26. The first kappa shape index (κ1) is 19.7. The molecular formula is C23H18FN5O3. The van der Waals surface area contributed by atoms with E-state index < -0.39 is 11.7 Å². The predicted molar refractivity (Wildman–Crippen MR) is 115 cm³/mol. The molecule has 0 unspecified atom stereocenters. The molecule has 1 aromatic carbocycles. The SMILES string of the molecule is O=C(Nc1cccc(Oc2ccc3nc(NC(=O)C4CC4)cn3c2)c1)c1ncccc1F. The minimum Gasteiger partial charge on any atom is -0.456 e. The van der Waals surface area contributed by atoms with Crippen LogP contribution in [0.5, 0.6) is 11.5 Å². The monoisotopic (exact) mass is 431 g/mol. The highest BCUT2D eigenvalue weighted by molar-refractivity contribution is 6.03. The molecule has 5 rings (SSSR count). The van der Waals surface area contributed by atoms with Crippen LogP contribution in [0, 0.1) is 11.7 Å². The van der Waals surface area contributed by atoms with Gasteiger partial charge in [-0.1, -0.05) is 6.07 Å². The molecule has 8 nitrogen and oxygen atoms in total. The maximum Gasteiger partial charge on any atom is 0.277 e. The fourth-order valence-corrected chi connectivity index (χ4v) is 3.18. The number of hydrogen-bond donors (Lipinski definition) is 2. The summed E-state index contributed by atoms with van der Waals surface area (Å²) in [6.07, 6.45) is 6.66. The number of anilines is 2. The second-order valence-corrected chi connectivity index (χ2v) is 7.44. The number of nitrogens with one attached hydrogen (secondary N) is 2. The molecule has 32 heavy (non-hydrogen) atoms. The van der Waals surface area contributed by atoms with Crippen LogP contribution < -0.4 is 15.4 Å². The van der Waals surface area contributed by atoms with E-state index in [0.29, 0.717) is 28.7 Å². The summed E-state index contributed by atoms with van der Waals surface area (Å²) >= 11 is 0. The zero-order valence-electron chi connectivity index (χ0n) is 16.8. The Morgan fingerprint density at radius 2 is 1.91 bits per heavy atom. The van der Waals surface area contributed by atoms with Gasteiger partial charge in [0, 0.05) is 23.9 Å². The summed E-state index contributed by atoms with van der Waals surface area (Å²) in [4.78, 5) is 32.4. The topological polar surface area (TPSA) is 97.6 Å². The Bertz CT molecular complexity index is 1330. The van der Waals surface area contributed by atoms with Crippen molar-refractivity contribution in [3.63, 3.8) is 0 Å². The number of fused-ring (bicyclic) bond motifs is 1. The molecule has 4 aromatic rings. The lowest BCUT2D eigenvalue weighted by Gasteiger charge is -2.09. The van der Waals surface area contributed by atoms with Crippen molar-refractivity contribution in [2.24, 2.45) is 5.92 Å². The van der Waals surface area contributed by atoms with Crippen molar-refractivity contribution in [3.8, 4) is 11.5 Å². The van der Waals surface area contributed by atoms with Crippen molar-refractivity contribution < 1.29 is 18.7 Å². The van der Waals surface area contributed by atoms with Crippen molar-refractivity contribution in [2.45, 2.75) is 12.8 Å². The Morgan fingerprint density at radius 1 is 1.03 bits per heavy atom. The van der Waals surface area contributed by atoms with Gasteiger partial charge in [0.25, 0.3) is 5.91 Å². The number of benzene rings is 1. The number of aromatic nitrogens is 3. The molecule has 0 aliphatic heterocycles. The van der Waals surface area contributed by atoms with E-state index in [-0.39, 0.29) is 17.5 Å². The van der Waals surface area contributed by atoms with Crippen LogP contribution in [-0.4, -0.2) is 26.2 Å². The van der Waals surface area contributed by atoms with E-state index in [1.54, 1.807) is 53.2 Å². The van der Waals surface area contributed by atoms with Crippen LogP contribution in [0.2, 0.25) is 0 Å². The Labute approximate surface area is 182 Å². The van der Waals surface area contributed by atoms with Crippen molar-refractivity contribution in [1.29, 1.82) is 0 Å². The molecule has 0 saturated heterocycles. The fraction of sp³-hybridized carbons (Fsp3) is 0.130. The third-order valence-electron chi connectivity index (χ3n) is 4.92. The highest BCUT2D eigenvalue weighted by Gasteiger charge is 2.30. The van der Waals surface area contributed by atoms with Crippen LogP contribution >= 0.6 is 0 Å². The third kappa shape index (κ3) is 4.27. The van der Waals surface area contributed by atoms with Crippen molar-refractivity contribution >= 4 is 29.0 Å². The van der Waals surface area contributed by atoms with Crippen LogP contribution in [0.3, 0.4) is 0 Å². The minimum atomic E-state index is -0.696. The van der Waals surface area contributed by atoms with Gasteiger partial charge in [0.1, 0.15) is 17.1 Å². The molecular weight excluding hydrogens is 413 g/mol. The van der Waals surface area contributed by atoms with Gasteiger partial charge in [0.2, 0.25) is 5.91 Å². The highest BCUT2D eigenvalue weighted by atomic mass is 19.1. The fourth-order valence-electron chi connectivity index (χ4n) is 3.18. The molecule has 1 aliphatic carbocycles. The van der Waals surface area contributed by atoms with Gasteiger partial charge < -0.3 is 19.8 Å². The molecule has 0 radical (unpaired) electrons. The lowest BCUT2D eigenvalue weighted by atomic mass is 10.2. The number of halogens is 1. The molecule has 0 bridgehead atoms. The Balaban J connectivity index is 1.30. The van der Waals surface area contributed by atoms with E-state index in [1.807, 2.05) is 0 Å². The second-order valence-electron chi connectivity index (χ2n) is 7.44. The zero-order valence-corrected chi connectivity index (χ0v) is 16.8. The normalized spacial score (nSPS) is 13.0. The van der Waals surface area contributed by atoms with E-state index in [4.69, 9.17) is 4.74 Å². The molecule has 1 saturated carbocycles. The van der Waals surface area contributed by atoms with Gasteiger partial charge >= 0.3 is 0 Å². The quantitative estimate of drug-likeness (QED) is 0.475. The Hall–Kier alpha value is -4.27. The summed E-state index contributed by atoms with van der Waals surface area (Å²) in [6, 6.07) is 12.9. The number of carbonyl (C=O) groups is 2. The molecule has 160 valence electrons. The Morgan fingerprint density at radius 3 is 2.72 bits per heavy atom. The molecule has 2 amide bonds. The first-order valence-corrected chi connectivity index (χ1v) is 10.0. The van der Waals surface area contributed by atoms with Crippen LogP contribution in [0.25, 0.3) is 5.65 Å². The van der Waals surface area contributed by atoms with Crippen LogP contribution in [0.1, 0.15) is 23.3 Å². The summed E-state index contributed by atoms with van der Waals surface area (Å²) in [5.41, 5.74) is 0.821. The highest BCUT2D eigenvalue weighted by Crippen LogP contribution is 2.30. The molecule has 0 spiro atoms. The minimum absolute atomic E-state index is 0.00525. The lowest BCUT2D eigenvalue weighted by Crippen LogP contribution is -2.15. The van der Waals surface area contributed by atoms with Crippen molar-refractivity contribution in [3.05, 3.63) is 78.6 Å². The average molecular weight is 431 g/mol. The standard InChI is InChI=1S/C23H18FN5O3/c24-18-5-2-10-25-21(18)23(31)26-15-3-1-4-16(11-15)32-17-8-9-20-27-19(13-29(20)12-17)28-22(30)14-6-7-14/h1-5,8-14H,6-7H2,(H,26,31)(H,28,30). The van der Waals surface area contributed by atoms with Gasteiger partial charge in [0.05, 0.1) is 12.4 Å². The van der Waals surface area contributed by atoms with Crippen molar-refractivity contribution in [1.82, 2.24) is 14.4 Å². The summed E-state index contributed by atoms with van der Waals surface area (Å²) in [5.74, 6) is 0.250. The van der Waals surface area contributed by atoms with E-state index in [2.05, 4.69) is 20.6 Å². The lowest BCUT2D eigenvalue weighted by molar-refractivity contribution is -0.117. The smallest absolute Gasteiger partial charge is 0.277 e. The van der Waals surface area contributed by atoms with Gasteiger partial charge in [-0.2, -0.15) is 0 Å². The van der Waals surface area contributed by atoms with Gasteiger partial charge in [-0.05, 0) is 49.2 Å². The zero-order chi connectivity index (χ0) is 22.1. The maximum absolute atomic E-state index is 13.8. The number of nitrogens with zero attached hydrogens (tertiary/aromatic N) is 3. The molecule has 1 fully saturated rings. The van der Waals surface area contributed by atoms with Gasteiger partial charge in [-0.15, -0.1) is 0 Å². The van der Waals surface area contributed by atoms with Crippen molar-refractivity contribution in [2.75, 3.05) is 10.6 Å². The van der Waals surface area contributed by atoms with E-state index in [9.17, 15) is 14.0 Å². The van der Waals surface area contributed by atoms with E-state index >= 15 is 0 Å². The largest absolute Gasteiger partial charge is 0.456 e. The number of imidazole rings is 1. The second kappa shape index (κ2) is 8.10. The summed E-state index contributed by atoms with van der Waals surface area (Å²) in [6.45, 7) is 0. The molecule has 3 aromatic heterocycles. The number of amides is 2. The molecule has 1 aliphatic rings. The third-order valence-corrected chi connectivity index (χ3v) is 4.92. The molecule has 3 heterocycles. The Kier molecular flexibility index (Phi) is 4.98. The van der Waals surface area contributed by atoms with Gasteiger partial charge in [-0.3, -0.25) is 9.59 Å². The number of carbonyl (C=O) groups excluding carboxylic acids is 2. The number of rotatable bonds is 6. The first-order valence-electron chi connectivity index (χ1n) is 10.0. The van der Waals surface area contributed by atoms with E-state index in [1.165, 1.54) is 18.3 Å². The average Bonchev–Trinajstić information content (AvgIpc) is 3.55. The summed E-state index contributed by atoms with van der Waals surface area (Å²) < 4.78 is 21.4. The maximum atomic E-state index is 13.8. The van der Waals surface area contributed by atoms with Crippen LogP contribution in [0.4, 0.5) is 15.9 Å². The number of ether oxygens (including phenoxy) is 1. The van der Waals surface area contributed by atoms with Gasteiger partial charge in [-0.25, -0.2) is 14.4 Å². The molecule has 9 heteroatoms. The first-order chi connectivity index (χ1) is 15.5. The number of hydrogen-bond acceptors (Lipinski definition) is 5. The molecule has 0 atom stereocenters. The summed E-state index contributed by atoms with van der Waals surface area (Å²) in [5, 5.41) is 5.44. The van der Waals surface area contributed by atoms with E-state index in [0.717, 1.165) is 12.8 Å². The molecule has 2 N–H and O–H groups in total. The number of pyridine rings is 2.